The van der Waals surface area contributed by atoms with Crippen molar-refractivity contribution >= 4 is 26.0 Å². The van der Waals surface area contributed by atoms with E-state index in [1.807, 2.05) is 6.07 Å². The van der Waals surface area contributed by atoms with E-state index in [9.17, 15) is 8.42 Å². The van der Waals surface area contributed by atoms with E-state index in [-0.39, 0.29) is 6.04 Å². The topological polar surface area (TPSA) is 37.4 Å². The average Bonchev–Trinajstić information content (AvgIpc) is 2.41. The van der Waals surface area contributed by atoms with Gasteiger partial charge >= 0.3 is 0 Å². The predicted molar refractivity (Wildman–Crippen MR) is 76.4 cm³/mol. The maximum Gasteiger partial charge on any atom is 0.243 e. The summed E-state index contributed by atoms with van der Waals surface area (Å²) in [4.78, 5) is 0.409. The molecule has 1 saturated heterocycles. The Bertz CT molecular complexity index is 473. The standard InChI is InChI=1S/C13H18BrNO2S/c14-10-9-12-6-4-5-11-15(12)18(16,17)13-7-2-1-3-8-13/h1-3,7-8,12H,4-6,9-11H2. The van der Waals surface area contributed by atoms with Gasteiger partial charge in [0.25, 0.3) is 0 Å². The Kier molecular flexibility index (Phi) is 4.81. The third-order valence-electron chi connectivity index (χ3n) is 3.37. The Morgan fingerprint density at radius 1 is 1.22 bits per heavy atom. The molecule has 100 valence electrons. The van der Waals surface area contributed by atoms with Gasteiger partial charge in [-0.25, -0.2) is 8.42 Å². The molecule has 1 atom stereocenters. The molecule has 1 unspecified atom stereocenters. The van der Waals surface area contributed by atoms with Crippen LogP contribution in [0.25, 0.3) is 0 Å². The second kappa shape index (κ2) is 6.17. The smallest absolute Gasteiger partial charge is 0.207 e. The zero-order chi connectivity index (χ0) is 13.0. The SMILES string of the molecule is O=S(=O)(c1ccccc1)N1CCCCC1CCBr. The summed E-state index contributed by atoms with van der Waals surface area (Å²) in [5.41, 5.74) is 0. The van der Waals surface area contributed by atoms with Crippen LogP contribution in [0.5, 0.6) is 0 Å². The summed E-state index contributed by atoms with van der Waals surface area (Å²) in [7, 11) is -3.32. The van der Waals surface area contributed by atoms with E-state index in [4.69, 9.17) is 0 Å². The fourth-order valence-corrected chi connectivity index (χ4v) is 4.71. The van der Waals surface area contributed by atoms with E-state index in [0.29, 0.717) is 11.4 Å². The third kappa shape index (κ3) is 2.95. The number of benzene rings is 1. The van der Waals surface area contributed by atoms with Gasteiger partial charge in [0.05, 0.1) is 4.90 Å². The highest BCUT2D eigenvalue weighted by Gasteiger charge is 2.32. The lowest BCUT2D eigenvalue weighted by Crippen LogP contribution is -2.43. The van der Waals surface area contributed by atoms with Gasteiger partial charge in [-0.1, -0.05) is 40.5 Å². The van der Waals surface area contributed by atoms with E-state index in [0.717, 1.165) is 31.0 Å². The van der Waals surface area contributed by atoms with Gasteiger partial charge in [-0.05, 0) is 31.4 Å². The van der Waals surface area contributed by atoms with E-state index in [1.54, 1.807) is 28.6 Å². The van der Waals surface area contributed by atoms with Crippen molar-refractivity contribution in [2.45, 2.75) is 36.6 Å². The van der Waals surface area contributed by atoms with Crippen molar-refractivity contribution < 1.29 is 8.42 Å². The molecule has 1 aromatic rings. The van der Waals surface area contributed by atoms with Gasteiger partial charge in [0.15, 0.2) is 0 Å². The van der Waals surface area contributed by atoms with Crippen LogP contribution in [0.3, 0.4) is 0 Å². The number of halogens is 1. The van der Waals surface area contributed by atoms with Gasteiger partial charge in [-0.15, -0.1) is 0 Å². The van der Waals surface area contributed by atoms with Crippen molar-refractivity contribution in [3.8, 4) is 0 Å². The van der Waals surface area contributed by atoms with Crippen LogP contribution >= 0.6 is 15.9 Å². The Hall–Kier alpha value is -0.390. The van der Waals surface area contributed by atoms with Crippen LogP contribution in [0.4, 0.5) is 0 Å². The Morgan fingerprint density at radius 3 is 2.61 bits per heavy atom. The summed E-state index contributed by atoms with van der Waals surface area (Å²) < 4.78 is 26.9. The highest BCUT2D eigenvalue weighted by atomic mass is 79.9. The normalized spacial score (nSPS) is 21.9. The molecule has 0 aromatic heterocycles. The molecule has 3 nitrogen and oxygen atoms in total. The molecule has 0 bridgehead atoms. The largest absolute Gasteiger partial charge is 0.243 e. The molecule has 0 N–H and O–H groups in total. The van der Waals surface area contributed by atoms with Crippen molar-refractivity contribution in [1.29, 1.82) is 0 Å². The molecule has 0 aliphatic carbocycles. The molecule has 0 amide bonds. The van der Waals surface area contributed by atoms with E-state index >= 15 is 0 Å². The van der Waals surface area contributed by atoms with E-state index < -0.39 is 10.0 Å². The third-order valence-corrected chi connectivity index (χ3v) is 5.79. The number of piperidine rings is 1. The zero-order valence-corrected chi connectivity index (χ0v) is 12.7. The predicted octanol–water partition coefficient (Wildman–Crippen LogP) is 3.01. The summed E-state index contributed by atoms with van der Waals surface area (Å²) in [5, 5.41) is 0.846. The second-order valence-corrected chi connectivity index (χ2v) is 7.24. The molecule has 2 rings (SSSR count). The Labute approximate surface area is 117 Å². The van der Waals surface area contributed by atoms with Crippen molar-refractivity contribution in [1.82, 2.24) is 4.31 Å². The maximum atomic E-state index is 12.6. The van der Waals surface area contributed by atoms with Crippen LogP contribution in [0.15, 0.2) is 35.2 Å². The first kappa shape index (κ1) is 14.0. The minimum Gasteiger partial charge on any atom is -0.207 e. The number of rotatable bonds is 4. The highest BCUT2D eigenvalue weighted by Crippen LogP contribution is 2.27. The molecule has 5 heteroatoms. The number of nitrogens with zero attached hydrogens (tertiary/aromatic N) is 1. The van der Waals surface area contributed by atoms with E-state index in [1.165, 1.54) is 0 Å². The Morgan fingerprint density at radius 2 is 1.94 bits per heavy atom. The number of alkyl halides is 1. The average molecular weight is 332 g/mol. The molecule has 0 radical (unpaired) electrons. The maximum absolute atomic E-state index is 12.6. The summed E-state index contributed by atoms with van der Waals surface area (Å²) in [5.74, 6) is 0. The molecule has 1 aliphatic heterocycles. The van der Waals surface area contributed by atoms with Gasteiger partial charge in [0.2, 0.25) is 10.0 Å². The molecule has 18 heavy (non-hydrogen) atoms. The minimum absolute atomic E-state index is 0.142. The molecular formula is C13H18BrNO2S. The van der Waals surface area contributed by atoms with Crippen molar-refractivity contribution in [2.75, 3.05) is 11.9 Å². The Balaban J connectivity index is 2.27. The van der Waals surface area contributed by atoms with Gasteiger partial charge in [0, 0.05) is 17.9 Å². The van der Waals surface area contributed by atoms with E-state index in [2.05, 4.69) is 15.9 Å². The summed E-state index contributed by atoms with van der Waals surface area (Å²) in [6.07, 6.45) is 3.94. The molecule has 0 saturated carbocycles. The van der Waals surface area contributed by atoms with Gasteiger partial charge in [-0.3, -0.25) is 0 Å². The number of hydrogen-bond acceptors (Lipinski definition) is 2. The summed E-state index contributed by atoms with van der Waals surface area (Å²) in [6, 6.07) is 8.88. The highest BCUT2D eigenvalue weighted by molar-refractivity contribution is 9.09. The summed E-state index contributed by atoms with van der Waals surface area (Å²) in [6.45, 7) is 0.648. The molecule has 1 aromatic carbocycles. The summed E-state index contributed by atoms with van der Waals surface area (Å²) >= 11 is 3.41. The quantitative estimate of drug-likeness (QED) is 0.795. The fourth-order valence-electron chi connectivity index (χ4n) is 2.43. The fraction of sp³-hybridized carbons (Fsp3) is 0.538. The first-order chi connectivity index (χ1) is 8.66. The van der Waals surface area contributed by atoms with Crippen molar-refractivity contribution in [3.63, 3.8) is 0 Å². The van der Waals surface area contributed by atoms with Crippen LogP contribution < -0.4 is 0 Å². The lowest BCUT2D eigenvalue weighted by atomic mass is 10.0. The number of sulfonamides is 1. The molecule has 1 heterocycles. The molecule has 0 spiro atoms. The van der Waals surface area contributed by atoms with Crippen molar-refractivity contribution in [3.05, 3.63) is 30.3 Å². The van der Waals surface area contributed by atoms with Crippen LogP contribution in [0.2, 0.25) is 0 Å². The van der Waals surface area contributed by atoms with Gasteiger partial charge in [-0.2, -0.15) is 4.31 Å². The molecule has 1 aliphatic rings. The van der Waals surface area contributed by atoms with Gasteiger partial charge in [0.1, 0.15) is 0 Å². The van der Waals surface area contributed by atoms with Crippen LogP contribution in [0, 0.1) is 0 Å². The van der Waals surface area contributed by atoms with Gasteiger partial charge < -0.3 is 0 Å². The molecular weight excluding hydrogens is 314 g/mol. The molecule has 1 fully saturated rings. The van der Waals surface area contributed by atoms with Crippen LogP contribution in [0.1, 0.15) is 25.7 Å². The number of hydrogen-bond donors (Lipinski definition) is 0. The second-order valence-electron chi connectivity index (χ2n) is 4.56. The van der Waals surface area contributed by atoms with Crippen LogP contribution in [-0.2, 0) is 10.0 Å². The lowest BCUT2D eigenvalue weighted by Gasteiger charge is -2.34. The zero-order valence-electron chi connectivity index (χ0n) is 10.3. The monoisotopic (exact) mass is 331 g/mol. The van der Waals surface area contributed by atoms with Crippen molar-refractivity contribution in [2.24, 2.45) is 0 Å². The minimum atomic E-state index is -3.32. The first-order valence-electron chi connectivity index (χ1n) is 6.29. The van der Waals surface area contributed by atoms with Crippen LogP contribution in [-0.4, -0.2) is 30.6 Å². The lowest BCUT2D eigenvalue weighted by molar-refractivity contribution is 0.248. The first-order valence-corrected chi connectivity index (χ1v) is 8.85.